The maximum Gasteiger partial charge on any atom is 0.270 e. The fourth-order valence-corrected chi connectivity index (χ4v) is 4.70. The van der Waals surface area contributed by atoms with Gasteiger partial charge in [0, 0.05) is 32.3 Å². The average molecular weight is 326 g/mol. The van der Waals surface area contributed by atoms with Gasteiger partial charge in [-0.1, -0.05) is 6.42 Å². The van der Waals surface area contributed by atoms with Crippen molar-refractivity contribution in [3.8, 4) is 0 Å². The van der Waals surface area contributed by atoms with E-state index in [-0.39, 0.29) is 11.3 Å². The Labute approximate surface area is 140 Å². The topological polar surface area (TPSA) is 64.2 Å². The highest BCUT2D eigenvalue weighted by Crippen LogP contribution is 2.50. The molecule has 0 aromatic carbocycles. The predicted molar refractivity (Wildman–Crippen MR) is 86.7 cm³/mol. The lowest BCUT2D eigenvalue weighted by molar-refractivity contribution is 0.0764. The number of aromatic nitrogens is 3. The number of rotatable bonds is 3. The number of hydrogen-bond acceptors (Lipinski definition) is 4. The zero-order chi connectivity index (χ0) is 16.3. The normalized spacial score (nSPS) is 29.2. The van der Waals surface area contributed by atoms with E-state index in [0.717, 1.165) is 31.0 Å². The van der Waals surface area contributed by atoms with Gasteiger partial charge < -0.3 is 13.9 Å². The van der Waals surface area contributed by atoms with E-state index in [4.69, 9.17) is 4.42 Å². The molecular formula is C18H22N4O2. The first-order valence-corrected chi connectivity index (χ1v) is 8.94. The Morgan fingerprint density at radius 1 is 1.33 bits per heavy atom. The van der Waals surface area contributed by atoms with Crippen LogP contribution in [0.15, 0.2) is 22.7 Å². The number of carbonyl (C=O) groups excluding carboxylic acids is 1. The Kier molecular flexibility index (Phi) is 2.94. The molecule has 1 aliphatic heterocycles. The van der Waals surface area contributed by atoms with Crippen molar-refractivity contribution in [2.24, 2.45) is 5.92 Å². The molecule has 2 saturated carbocycles. The van der Waals surface area contributed by atoms with Crippen LogP contribution in [-0.4, -0.2) is 38.7 Å². The lowest BCUT2D eigenvalue weighted by Gasteiger charge is -2.24. The first-order valence-electron chi connectivity index (χ1n) is 8.94. The van der Waals surface area contributed by atoms with E-state index in [1.807, 2.05) is 30.2 Å². The second-order valence-electron chi connectivity index (χ2n) is 7.59. The van der Waals surface area contributed by atoms with Gasteiger partial charge in [-0.2, -0.15) is 0 Å². The molecule has 2 aromatic rings. The maximum absolute atomic E-state index is 13.1. The minimum Gasteiger partial charge on any atom is -0.425 e. The third-order valence-electron chi connectivity index (χ3n) is 6.05. The summed E-state index contributed by atoms with van der Waals surface area (Å²) in [6.07, 6.45) is 7.75. The third-order valence-corrected chi connectivity index (χ3v) is 6.05. The quantitative estimate of drug-likeness (QED) is 0.870. The summed E-state index contributed by atoms with van der Waals surface area (Å²) in [5, 5.41) is 8.34. The van der Waals surface area contributed by atoms with E-state index in [9.17, 15) is 4.79 Å². The van der Waals surface area contributed by atoms with Crippen LogP contribution in [0.4, 0.5) is 0 Å². The van der Waals surface area contributed by atoms with E-state index in [2.05, 4.69) is 14.8 Å². The fourth-order valence-electron chi connectivity index (χ4n) is 4.70. The van der Waals surface area contributed by atoms with E-state index in [1.165, 1.54) is 19.3 Å². The van der Waals surface area contributed by atoms with Crippen LogP contribution in [0.2, 0.25) is 0 Å². The Balaban J connectivity index is 1.45. The number of amides is 1. The Bertz CT molecular complexity index is 791. The summed E-state index contributed by atoms with van der Waals surface area (Å²) in [5.74, 6) is 1.93. The molecule has 0 unspecified atom stereocenters. The SMILES string of the molecule is Cc1nnc([C@]23CCC[C@H]2CN(C(=O)c2cccn2C2CC2)C3)o1. The van der Waals surface area contributed by atoms with Crippen LogP contribution in [0, 0.1) is 12.8 Å². The fraction of sp³-hybridized carbons (Fsp3) is 0.611. The number of fused-ring (bicyclic) bond motifs is 1. The van der Waals surface area contributed by atoms with Gasteiger partial charge >= 0.3 is 0 Å². The summed E-state index contributed by atoms with van der Waals surface area (Å²) < 4.78 is 7.95. The molecule has 24 heavy (non-hydrogen) atoms. The maximum atomic E-state index is 13.1. The monoisotopic (exact) mass is 326 g/mol. The summed E-state index contributed by atoms with van der Waals surface area (Å²) in [6.45, 7) is 3.33. The zero-order valence-electron chi connectivity index (χ0n) is 13.9. The van der Waals surface area contributed by atoms with Gasteiger partial charge in [0.1, 0.15) is 5.69 Å². The summed E-state index contributed by atoms with van der Waals surface area (Å²) in [5.41, 5.74) is 0.697. The average Bonchev–Trinajstić information content (AvgIpc) is 2.98. The predicted octanol–water partition coefficient (Wildman–Crippen LogP) is 2.71. The number of hydrogen-bond donors (Lipinski definition) is 0. The molecule has 0 N–H and O–H groups in total. The van der Waals surface area contributed by atoms with Crippen LogP contribution in [0.1, 0.15) is 60.4 Å². The molecule has 2 aromatic heterocycles. The van der Waals surface area contributed by atoms with Crippen molar-refractivity contribution in [2.75, 3.05) is 13.1 Å². The second kappa shape index (κ2) is 4.94. The lowest BCUT2D eigenvalue weighted by Crippen LogP contribution is -2.35. The highest BCUT2D eigenvalue weighted by atomic mass is 16.4. The lowest BCUT2D eigenvalue weighted by atomic mass is 9.80. The highest BCUT2D eigenvalue weighted by Gasteiger charge is 2.55. The summed E-state index contributed by atoms with van der Waals surface area (Å²) in [4.78, 5) is 15.1. The van der Waals surface area contributed by atoms with Crippen molar-refractivity contribution in [1.29, 1.82) is 0 Å². The molecule has 0 spiro atoms. The number of likely N-dealkylation sites (tertiary alicyclic amines) is 1. The molecule has 2 atom stereocenters. The standard InChI is InChI=1S/C18H22N4O2/c1-12-19-20-17(24-12)18-8-2-4-13(18)10-21(11-18)16(23)15-5-3-9-22(15)14-6-7-14/h3,5,9,13-14H,2,4,6-8,10-11H2,1H3/t13-,18-/m0/s1. The molecule has 126 valence electrons. The van der Waals surface area contributed by atoms with Crippen LogP contribution in [0.3, 0.4) is 0 Å². The van der Waals surface area contributed by atoms with E-state index < -0.39 is 0 Å². The van der Waals surface area contributed by atoms with Gasteiger partial charge in [0.05, 0.1) is 5.41 Å². The van der Waals surface area contributed by atoms with Crippen LogP contribution < -0.4 is 0 Å². The minimum absolute atomic E-state index is 0.131. The molecule has 1 amide bonds. The van der Waals surface area contributed by atoms with Gasteiger partial charge in [-0.15, -0.1) is 10.2 Å². The van der Waals surface area contributed by atoms with Crippen molar-refractivity contribution < 1.29 is 9.21 Å². The molecule has 2 aliphatic carbocycles. The van der Waals surface area contributed by atoms with Crippen molar-refractivity contribution >= 4 is 5.91 Å². The van der Waals surface area contributed by atoms with Gasteiger partial charge in [0.25, 0.3) is 5.91 Å². The number of aryl methyl sites for hydroxylation is 1. The Hall–Kier alpha value is -2.11. The van der Waals surface area contributed by atoms with Crippen LogP contribution in [0.25, 0.3) is 0 Å². The van der Waals surface area contributed by atoms with Crippen LogP contribution >= 0.6 is 0 Å². The minimum atomic E-state index is -0.131. The number of nitrogens with zero attached hydrogens (tertiary/aromatic N) is 4. The molecule has 6 heteroatoms. The largest absolute Gasteiger partial charge is 0.425 e. The number of carbonyl (C=O) groups is 1. The van der Waals surface area contributed by atoms with E-state index >= 15 is 0 Å². The smallest absolute Gasteiger partial charge is 0.270 e. The molecule has 3 fully saturated rings. The summed E-state index contributed by atoms with van der Waals surface area (Å²) in [7, 11) is 0. The van der Waals surface area contributed by atoms with Gasteiger partial charge in [0.2, 0.25) is 11.8 Å². The van der Waals surface area contributed by atoms with Gasteiger partial charge in [-0.3, -0.25) is 4.79 Å². The molecule has 3 heterocycles. The molecule has 1 saturated heterocycles. The molecular weight excluding hydrogens is 304 g/mol. The van der Waals surface area contributed by atoms with Gasteiger partial charge in [-0.25, -0.2) is 0 Å². The Morgan fingerprint density at radius 3 is 2.96 bits per heavy atom. The first-order chi connectivity index (χ1) is 11.7. The molecule has 3 aliphatic rings. The van der Waals surface area contributed by atoms with Gasteiger partial charge in [0.15, 0.2) is 0 Å². The van der Waals surface area contributed by atoms with E-state index in [0.29, 0.717) is 24.4 Å². The molecule has 0 radical (unpaired) electrons. The molecule has 6 nitrogen and oxygen atoms in total. The second-order valence-corrected chi connectivity index (χ2v) is 7.59. The molecule has 5 rings (SSSR count). The van der Waals surface area contributed by atoms with Crippen molar-refractivity contribution in [3.05, 3.63) is 35.8 Å². The van der Waals surface area contributed by atoms with Gasteiger partial charge in [-0.05, 0) is 43.7 Å². The zero-order valence-corrected chi connectivity index (χ0v) is 13.9. The van der Waals surface area contributed by atoms with Crippen LogP contribution in [0.5, 0.6) is 0 Å². The summed E-state index contributed by atoms with van der Waals surface area (Å²) >= 11 is 0. The van der Waals surface area contributed by atoms with Crippen LogP contribution in [-0.2, 0) is 5.41 Å². The first kappa shape index (κ1) is 14.3. The van der Waals surface area contributed by atoms with Crippen molar-refractivity contribution in [1.82, 2.24) is 19.7 Å². The molecule has 0 bridgehead atoms. The van der Waals surface area contributed by atoms with Crippen molar-refractivity contribution in [2.45, 2.75) is 50.5 Å². The highest BCUT2D eigenvalue weighted by molar-refractivity contribution is 5.93. The third kappa shape index (κ3) is 1.98. The Morgan fingerprint density at radius 2 is 2.21 bits per heavy atom. The van der Waals surface area contributed by atoms with E-state index in [1.54, 1.807) is 0 Å². The van der Waals surface area contributed by atoms with Crippen molar-refractivity contribution in [3.63, 3.8) is 0 Å². The summed E-state index contributed by atoms with van der Waals surface area (Å²) in [6, 6.07) is 4.46.